The van der Waals surface area contributed by atoms with Gasteiger partial charge in [0.05, 0.1) is 5.69 Å². The Morgan fingerprint density at radius 3 is 2.50 bits per heavy atom. The van der Waals surface area contributed by atoms with Gasteiger partial charge in [-0.15, -0.1) is 0 Å². The molecular weight excluding hydrogens is 287 g/mol. The molecule has 1 aromatic heterocycles. The van der Waals surface area contributed by atoms with Gasteiger partial charge in [-0.05, 0) is 24.3 Å². The molecule has 1 N–H and O–H groups in total. The summed E-state index contributed by atoms with van der Waals surface area (Å²) in [5, 5.41) is 12.6. The first-order valence-electron chi connectivity index (χ1n) is 5.47. The number of aromatic carboxylic acids is 1. The van der Waals surface area contributed by atoms with Crippen LogP contribution in [0, 0.1) is 5.82 Å². The number of aryl methyl sites for hydroxylation is 1. The predicted octanol–water partition coefficient (Wildman–Crippen LogP) is 1.33. The number of nitrogens with zero attached hydrogens (tertiary/aromatic N) is 2. The Morgan fingerprint density at radius 2 is 2.00 bits per heavy atom. The van der Waals surface area contributed by atoms with E-state index in [0.29, 0.717) is 11.3 Å². The molecule has 0 saturated heterocycles. The van der Waals surface area contributed by atoms with E-state index in [4.69, 9.17) is 5.11 Å². The van der Waals surface area contributed by atoms with Gasteiger partial charge < -0.3 is 5.11 Å². The molecule has 0 saturated carbocycles. The number of halogens is 1. The van der Waals surface area contributed by atoms with E-state index in [0.717, 1.165) is 18.4 Å². The zero-order valence-electron chi connectivity index (χ0n) is 10.7. The minimum absolute atomic E-state index is 0.173. The van der Waals surface area contributed by atoms with Crippen molar-refractivity contribution >= 4 is 15.8 Å². The molecule has 106 valence electrons. The lowest BCUT2D eigenvalue weighted by Gasteiger charge is -2.05. The maximum Gasteiger partial charge on any atom is 0.356 e. The third kappa shape index (κ3) is 2.55. The van der Waals surface area contributed by atoms with E-state index in [2.05, 4.69) is 5.10 Å². The fourth-order valence-electron chi connectivity index (χ4n) is 1.79. The molecule has 20 heavy (non-hydrogen) atoms. The minimum Gasteiger partial charge on any atom is -0.476 e. The number of carboxylic acids is 1. The number of sulfone groups is 1. The van der Waals surface area contributed by atoms with Crippen LogP contribution in [0.3, 0.4) is 0 Å². The summed E-state index contributed by atoms with van der Waals surface area (Å²) in [6.45, 7) is 0. The second-order valence-corrected chi connectivity index (χ2v) is 6.25. The first kappa shape index (κ1) is 14.2. The topological polar surface area (TPSA) is 89.3 Å². The highest BCUT2D eigenvalue weighted by atomic mass is 32.2. The Labute approximate surface area is 114 Å². The largest absolute Gasteiger partial charge is 0.476 e. The van der Waals surface area contributed by atoms with Crippen molar-refractivity contribution < 1.29 is 22.7 Å². The first-order valence-corrected chi connectivity index (χ1v) is 7.36. The zero-order valence-corrected chi connectivity index (χ0v) is 11.5. The van der Waals surface area contributed by atoms with Gasteiger partial charge in [-0.3, -0.25) is 4.68 Å². The third-order valence-corrected chi connectivity index (χ3v) is 3.84. The van der Waals surface area contributed by atoms with E-state index in [-0.39, 0.29) is 5.69 Å². The Kier molecular flexibility index (Phi) is 3.34. The highest BCUT2D eigenvalue weighted by molar-refractivity contribution is 7.90. The normalized spacial score (nSPS) is 11.6. The molecule has 1 heterocycles. The summed E-state index contributed by atoms with van der Waals surface area (Å²) >= 11 is 0. The Balaban J connectivity index is 2.63. The summed E-state index contributed by atoms with van der Waals surface area (Å²) in [6, 6.07) is 4.85. The van der Waals surface area contributed by atoms with Crippen molar-refractivity contribution in [3.05, 3.63) is 35.8 Å². The van der Waals surface area contributed by atoms with Crippen LogP contribution in [0.25, 0.3) is 11.3 Å². The number of hydrogen-bond acceptors (Lipinski definition) is 4. The van der Waals surface area contributed by atoms with Crippen LogP contribution in [0.5, 0.6) is 0 Å². The van der Waals surface area contributed by atoms with Crippen molar-refractivity contribution in [3.63, 3.8) is 0 Å². The summed E-state index contributed by atoms with van der Waals surface area (Å²) in [7, 11) is -2.19. The average molecular weight is 298 g/mol. The molecule has 1 aromatic carbocycles. The van der Waals surface area contributed by atoms with Crippen LogP contribution in [0.1, 0.15) is 10.5 Å². The summed E-state index contributed by atoms with van der Waals surface area (Å²) in [6.07, 6.45) is 0.904. The van der Waals surface area contributed by atoms with Gasteiger partial charge in [-0.2, -0.15) is 5.10 Å². The summed E-state index contributed by atoms with van der Waals surface area (Å²) in [5.74, 6) is -2.05. The molecule has 0 atom stereocenters. The van der Waals surface area contributed by atoms with Crippen molar-refractivity contribution in [2.45, 2.75) is 4.90 Å². The lowest BCUT2D eigenvalue weighted by atomic mass is 10.1. The van der Waals surface area contributed by atoms with Gasteiger partial charge in [0.1, 0.15) is 10.7 Å². The molecule has 0 spiro atoms. The van der Waals surface area contributed by atoms with E-state index >= 15 is 0 Å². The van der Waals surface area contributed by atoms with Crippen LogP contribution in [-0.2, 0) is 16.9 Å². The summed E-state index contributed by atoms with van der Waals surface area (Å²) in [5.41, 5.74) is 0.578. The second kappa shape index (κ2) is 4.71. The molecule has 0 aliphatic heterocycles. The summed E-state index contributed by atoms with van der Waals surface area (Å²) < 4.78 is 37.8. The number of aromatic nitrogens is 2. The van der Waals surface area contributed by atoms with E-state index in [9.17, 15) is 17.6 Å². The quantitative estimate of drug-likeness (QED) is 0.923. The van der Waals surface area contributed by atoms with Gasteiger partial charge >= 0.3 is 5.97 Å². The van der Waals surface area contributed by atoms with Crippen LogP contribution in [0.15, 0.2) is 29.2 Å². The lowest BCUT2D eigenvalue weighted by molar-refractivity contribution is 0.0689. The molecule has 0 radical (unpaired) electrons. The zero-order chi connectivity index (χ0) is 15.1. The molecule has 2 rings (SSSR count). The highest BCUT2D eigenvalue weighted by Crippen LogP contribution is 2.25. The standard InChI is InChI=1S/C12H11FN2O4S/c1-15-10(6-9(14-15)12(16)17)7-3-4-8(13)11(5-7)20(2,18)19/h3-6H,1-2H3,(H,16,17). The van der Waals surface area contributed by atoms with Gasteiger partial charge in [-0.25, -0.2) is 17.6 Å². The molecule has 0 aliphatic carbocycles. The van der Waals surface area contributed by atoms with Gasteiger partial charge in [0, 0.05) is 18.9 Å². The molecule has 0 bridgehead atoms. The van der Waals surface area contributed by atoms with Crippen LogP contribution in [-0.4, -0.2) is 35.5 Å². The summed E-state index contributed by atoms with van der Waals surface area (Å²) in [4.78, 5) is 10.4. The van der Waals surface area contributed by atoms with Crippen LogP contribution in [0.4, 0.5) is 4.39 Å². The fraction of sp³-hybridized carbons (Fsp3) is 0.167. The number of carbonyl (C=O) groups is 1. The van der Waals surface area contributed by atoms with Crippen LogP contribution >= 0.6 is 0 Å². The predicted molar refractivity (Wildman–Crippen MR) is 68.7 cm³/mol. The molecule has 6 nitrogen and oxygen atoms in total. The molecule has 2 aromatic rings. The number of rotatable bonds is 3. The smallest absolute Gasteiger partial charge is 0.356 e. The Hall–Kier alpha value is -2.22. The Morgan fingerprint density at radius 1 is 1.35 bits per heavy atom. The third-order valence-electron chi connectivity index (χ3n) is 2.73. The van der Waals surface area contributed by atoms with Gasteiger partial charge in [0.15, 0.2) is 15.5 Å². The van der Waals surface area contributed by atoms with Crippen molar-refractivity contribution in [1.82, 2.24) is 9.78 Å². The van der Waals surface area contributed by atoms with E-state index in [1.54, 1.807) is 0 Å². The van der Waals surface area contributed by atoms with E-state index in [1.165, 1.54) is 23.9 Å². The Bertz CT molecular complexity index is 796. The molecule has 0 amide bonds. The number of benzene rings is 1. The highest BCUT2D eigenvalue weighted by Gasteiger charge is 2.18. The van der Waals surface area contributed by atoms with Gasteiger partial charge in [0.2, 0.25) is 0 Å². The van der Waals surface area contributed by atoms with Crippen molar-refractivity contribution in [2.75, 3.05) is 6.26 Å². The van der Waals surface area contributed by atoms with E-state index < -0.39 is 26.5 Å². The molecule has 8 heteroatoms. The maximum absolute atomic E-state index is 13.5. The number of carboxylic acid groups (broad SMARTS) is 1. The molecule has 0 aliphatic rings. The van der Waals surface area contributed by atoms with Crippen molar-refractivity contribution in [2.24, 2.45) is 7.05 Å². The van der Waals surface area contributed by atoms with Crippen molar-refractivity contribution in [3.8, 4) is 11.3 Å². The molecular formula is C12H11FN2O4S. The van der Waals surface area contributed by atoms with Gasteiger partial charge in [-0.1, -0.05) is 0 Å². The minimum atomic E-state index is -3.71. The van der Waals surface area contributed by atoms with Crippen LogP contribution < -0.4 is 0 Å². The second-order valence-electron chi connectivity index (χ2n) is 4.26. The first-order chi connectivity index (χ1) is 9.20. The fourth-order valence-corrected chi connectivity index (χ4v) is 2.55. The monoisotopic (exact) mass is 298 g/mol. The van der Waals surface area contributed by atoms with Crippen LogP contribution in [0.2, 0.25) is 0 Å². The average Bonchev–Trinajstić information content (AvgIpc) is 2.71. The SMILES string of the molecule is Cn1nc(C(=O)O)cc1-c1ccc(F)c(S(C)(=O)=O)c1. The van der Waals surface area contributed by atoms with Crippen molar-refractivity contribution in [1.29, 1.82) is 0 Å². The molecule has 0 fully saturated rings. The number of hydrogen-bond donors (Lipinski definition) is 1. The van der Waals surface area contributed by atoms with Gasteiger partial charge in [0.25, 0.3) is 0 Å². The molecule has 0 unspecified atom stereocenters. The maximum atomic E-state index is 13.5. The van der Waals surface area contributed by atoms with E-state index in [1.807, 2.05) is 0 Å². The lowest BCUT2D eigenvalue weighted by Crippen LogP contribution is -2.02.